The highest BCUT2D eigenvalue weighted by Gasteiger charge is 2.12. The number of halogens is 1. The highest BCUT2D eigenvalue weighted by molar-refractivity contribution is 5.24. The normalized spacial score (nSPS) is 20.0. The molecule has 18 heavy (non-hydrogen) atoms. The monoisotopic (exact) mass is 252 g/mol. The van der Waals surface area contributed by atoms with E-state index in [4.69, 9.17) is 9.47 Å². The molecule has 0 aromatic carbocycles. The first-order chi connectivity index (χ1) is 8.81. The zero-order chi connectivity index (χ0) is 12.8. The Labute approximate surface area is 107 Å². The summed E-state index contributed by atoms with van der Waals surface area (Å²) in [6.07, 6.45) is 5.45. The predicted octanol–water partition coefficient (Wildman–Crippen LogP) is 3.41. The van der Waals surface area contributed by atoms with E-state index in [0.29, 0.717) is 6.10 Å². The van der Waals surface area contributed by atoms with Crippen molar-refractivity contribution in [3.05, 3.63) is 34.5 Å². The lowest BCUT2D eigenvalue weighted by molar-refractivity contribution is -0.0912. The van der Waals surface area contributed by atoms with E-state index < -0.39 is 0 Å². The Bertz CT molecular complexity index is 452. The first kappa shape index (κ1) is 13.5. The molecule has 1 fully saturated rings. The van der Waals surface area contributed by atoms with Gasteiger partial charge in [0, 0.05) is 5.22 Å². The summed E-state index contributed by atoms with van der Waals surface area (Å²) in [5.74, 6) is -0.0579. The third-order valence-corrected chi connectivity index (χ3v) is 3.29. The van der Waals surface area contributed by atoms with Crippen LogP contribution in [0.2, 0.25) is 0 Å². The summed E-state index contributed by atoms with van der Waals surface area (Å²) in [6, 6.07) is 5.22. The summed E-state index contributed by atoms with van der Waals surface area (Å²) in [5.41, 5.74) is 0. The van der Waals surface area contributed by atoms with Gasteiger partial charge in [-0.1, -0.05) is 38.3 Å². The van der Waals surface area contributed by atoms with Gasteiger partial charge in [0.1, 0.15) is 5.82 Å². The SMILES string of the molecule is CCCCCC1COCCO1.Fc1cc2ccc1=2. The molecule has 3 aliphatic rings. The average molecular weight is 252 g/mol. The zero-order valence-corrected chi connectivity index (χ0v) is 11.0. The van der Waals surface area contributed by atoms with Crippen molar-refractivity contribution in [1.82, 2.24) is 0 Å². The molecule has 1 atom stereocenters. The van der Waals surface area contributed by atoms with Crippen LogP contribution in [0.3, 0.4) is 0 Å². The lowest BCUT2D eigenvalue weighted by Gasteiger charge is -2.22. The number of hydrogen-bond acceptors (Lipinski definition) is 2. The first-order valence-corrected chi connectivity index (χ1v) is 6.80. The largest absolute Gasteiger partial charge is 0.376 e. The summed E-state index contributed by atoms with van der Waals surface area (Å²) in [6.45, 7) is 4.60. The van der Waals surface area contributed by atoms with E-state index in [1.165, 1.54) is 31.7 Å². The third-order valence-electron chi connectivity index (χ3n) is 3.29. The maximum absolute atomic E-state index is 12.0. The highest BCUT2D eigenvalue weighted by Crippen LogP contribution is 2.12. The first-order valence-electron chi connectivity index (χ1n) is 6.80. The molecule has 3 rings (SSSR count). The molecule has 0 N–H and O–H groups in total. The van der Waals surface area contributed by atoms with E-state index in [-0.39, 0.29) is 5.82 Å². The summed E-state index contributed by atoms with van der Waals surface area (Å²) in [7, 11) is 0. The molecular formula is C15H21FO2. The van der Waals surface area contributed by atoms with Crippen LogP contribution in [0, 0.1) is 16.3 Å². The molecule has 1 saturated heterocycles. The molecule has 0 bridgehead atoms. The molecule has 0 radical (unpaired) electrons. The fourth-order valence-corrected chi connectivity index (χ4v) is 2.07. The fraction of sp³-hybridized carbons (Fsp3) is 0.600. The van der Waals surface area contributed by atoms with Crippen molar-refractivity contribution >= 4 is 0 Å². The molecule has 0 aromatic rings. The van der Waals surface area contributed by atoms with Crippen molar-refractivity contribution in [2.24, 2.45) is 0 Å². The van der Waals surface area contributed by atoms with E-state index >= 15 is 0 Å². The lowest BCUT2D eigenvalue weighted by Crippen LogP contribution is -2.28. The van der Waals surface area contributed by atoms with Crippen molar-refractivity contribution in [2.45, 2.75) is 38.7 Å². The second-order valence-electron chi connectivity index (χ2n) is 4.76. The molecule has 2 aliphatic carbocycles. The van der Waals surface area contributed by atoms with E-state index in [1.54, 1.807) is 6.07 Å². The molecule has 1 unspecified atom stereocenters. The lowest BCUT2D eigenvalue weighted by atomic mass is 10.1. The molecule has 0 spiro atoms. The quantitative estimate of drug-likeness (QED) is 0.776. The molecule has 1 heterocycles. The van der Waals surface area contributed by atoms with Gasteiger partial charge in [0.25, 0.3) is 0 Å². The minimum absolute atomic E-state index is 0.0579. The molecule has 3 heteroatoms. The molecule has 0 saturated carbocycles. The van der Waals surface area contributed by atoms with Crippen LogP contribution in [-0.4, -0.2) is 25.9 Å². The topological polar surface area (TPSA) is 18.5 Å². The van der Waals surface area contributed by atoms with E-state index in [9.17, 15) is 4.39 Å². The minimum Gasteiger partial charge on any atom is -0.376 e. The summed E-state index contributed by atoms with van der Waals surface area (Å²) >= 11 is 0. The van der Waals surface area contributed by atoms with Gasteiger partial charge in [0.2, 0.25) is 0 Å². The van der Waals surface area contributed by atoms with Crippen molar-refractivity contribution in [3.63, 3.8) is 0 Å². The van der Waals surface area contributed by atoms with Crippen LogP contribution in [-0.2, 0) is 9.47 Å². The van der Waals surface area contributed by atoms with Gasteiger partial charge >= 0.3 is 0 Å². The minimum atomic E-state index is -0.0579. The Kier molecular flexibility index (Phi) is 5.14. The van der Waals surface area contributed by atoms with E-state index in [0.717, 1.165) is 30.3 Å². The second-order valence-corrected chi connectivity index (χ2v) is 4.76. The maximum atomic E-state index is 12.0. The predicted molar refractivity (Wildman–Crippen MR) is 68.8 cm³/mol. The summed E-state index contributed by atoms with van der Waals surface area (Å²) < 4.78 is 22.8. The van der Waals surface area contributed by atoms with Crippen molar-refractivity contribution in [1.29, 1.82) is 0 Å². The maximum Gasteiger partial charge on any atom is 0.131 e. The third kappa shape index (κ3) is 3.53. The highest BCUT2D eigenvalue weighted by atomic mass is 19.1. The Morgan fingerprint density at radius 1 is 1.28 bits per heavy atom. The van der Waals surface area contributed by atoms with Gasteiger partial charge in [-0.05, 0) is 17.7 Å². The number of unbranched alkanes of at least 4 members (excludes halogenated alkanes) is 2. The Morgan fingerprint density at radius 2 is 2.17 bits per heavy atom. The Balaban J connectivity index is 0.000000146. The van der Waals surface area contributed by atoms with Crippen LogP contribution >= 0.6 is 0 Å². The van der Waals surface area contributed by atoms with Gasteiger partial charge in [0.05, 0.1) is 25.9 Å². The molecule has 0 amide bonds. The smallest absolute Gasteiger partial charge is 0.131 e. The summed E-state index contributed by atoms with van der Waals surface area (Å²) in [5, 5.41) is 1.87. The van der Waals surface area contributed by atoms with Crippen LogP contribution in [0.4, 0.5) is 4.39 Å². The van der Waals surface area contributed by atoms with Gasteiger partial charge in [-0.3, -0.25) is 0 Å². The van der Waals surface area contributed by atoms with E-state index in [2.05, 4.69) is 6.92 Å². The van der Waals surface area contributed by atoms with Crippen LogP contribution in [0.5, 0.6) is 0 Å². The van der Waals surface area contributed by atoms with Gasteiger partial charge in [-0.15, -0.1) is 0 Å². The zero-order valence-electron chi connectivity index (χ0n) is 11.0. The van der Waals surface area contributed by atoms with Crippen LogP contribution in [0.1, 0.15) is 32.6 Å². The standard InChI is InChI=1S/C9H18O2.C6H3F/c1-2-3-4-5-9-8-10-6-7-11-9;7-6-3-4-1-2-5(4)6/h9H,2-8H2,1H3;1-3H. The molecule has 1 aliphatic heterocycles. The Morgan fingerprint density at radius 3 is 2.56 bits per heavy atom. The number of rotatable bonds is 4. The second kappa shape index (κ2) is 6.86. The van der Waals surface area contributed by atoms with Crippen LogP contribution in [0.25, 0.3) is 0 Å². The molecule has 0 aromatic heterocycles. The number of benzene rings is 1. The van der Waals surface area contributed by atoms with Gasteiger partial charge in [-0.25, -0.2) is 4.39 Å². The molecule has 100 valence electrons. The van der Waals surface area contributed by atoms with Gasteiger partial charge < -0.3 is 9.47 Å². The summed E-state index contributed by atoms with van der Waals surface area (Å²) in [4.78, 5) is 0. The Hall–Kier alpha value is -0.930. The number of ether oxygens (including phenoxy) is 2. The molecule has 2 nitrogen and oxygen atoms in total. The number of hydrogen-bond donors (Lipinski definition) is 0. The molecular weight excluding hydrogens is 231 g/mol. The van der Waals surface area contributed by atoms with Crippen molar-refractivity contribution < 1.29 is 13.9 Å². The van der Waals surface area contributed by atoms with Crippen LogP contribution in [0.15, 0.2) is 18.2 Å². The van der Waals surface area contributed by atoms with E-state index in [1.807, 2.05) is 6.07 Å². The average Bonchev–Trinajstić information content (AvgIpc) is 2.38. The van der Waals surface area contributed by atoms with Gasteiger partial charge in [-0.2, -0.15) is 0 Å². The van der Waals surface area contributed by atoms with Crippen molar-refractivity contribution in [2.75, 3.05) is 19.8 Å². The van der Waals surface area contributed by atoms with Crippen LogP contribution < -0.4 is 0 Å². The fourth-order valence-electron chi connectivity index (χ4n) is 2.07. The van der Waals surface area contributed by atoms with Crippen molar-refractivity contribution in [3.8, 4) is 0 Å². The van der Waals surface area contributed by atoms with Gasteiger partial charge in [0.15, 0.2) is 0 Å².